The molecule has 2 N–H and O–H groups in total. The van der Waals surface area contributed by atoms with Crippen molar-refractivity contribution in [3.05, 3.63) is 27.7 Å². The van der Waals surface area contributed by atoms with Gasteiger partial charge in [-0.1, -0.05) is 11.6 Å². The summed E-state index contributed by atoms with van der Waals surface area (Å²) in [5.74, 6) is 0.451. The summed E-state index contributed by atoms with van der Waals surface area (Å²) in [6, 6.07) is 5.17. The molecule has 0 atom stereocenters. The van der Waals surface area contributed by atoms with Gasteiger partial charge >= 0.3 is 0 Å². The van der Waals surface area contributed by atoms with Gasteiger partial charge in [0.15, 0.2) is 0 Å². The Balaban J connectivity index is 2.22. The van der Waals surface area contributed by atoms with Crippen LogP contribution < -0.4 is 9.88 Å². The molecule has 0 saturated carbocycles. The molecule has 0 aliphatic carbocycles. The normalized spacial score (nSPS) is 11.5. The monoisotopic (exact) mass is 357 g/mol. The van der Waals surface area contributed by atoms with Crippen LogP contribution in [0.5, 0.6) is 5.75 Å². The molecule has 0 spiro atoms. The van der Waals surface area contributed by atoms with E-state index >= 15 is 0 Å². The standard InChI is InChI=1S/C10H13BrClNO4S/c11-9-7-8(12)1-2-10(9)17-4-3-16-5-6-18(13,14)15/h1-2,7H,3-6H2,(H2,13,14,15). The van der Waals surface area contributed by atoms with Crippen molar-refractivity contribution >= 4 is 37.6 Å². The van der Waals surface area contributed by atoms with Gasteiger partial charge in [0.2, 0.25) is 10.0 Å². The van der Waals surface area contributed by atoms with Crippen molar-refractivity contribution in [1.82, 2.24) is 0 Å². The molecular formula is C10H13BrClNO4S. The molecule has 5 nitrogen and oxygen atoms in total. The Kier molecular flexibility index (Phi) is 6.37. The second-order valence-electron chi connectivity index (χ2n) is 3.40. The third-order valence-corrected chi connectivity index (χ3v) is 3.48. The van der Waals surface area contributed by atoms with Crippen molar-refractivity contribution in [3.8, 4) is 5.75 Å². The maximum Gasteiger partial charge on any atom is 0.211 e. The van der Waals surface area contributed by atoms with Gasteiger partial charge in [-0.25, -0.2) is 13.6 Å². The number of hydrogen-bond acceptors (Lipinski definition) is 4. The van der Waals surface area contributed by atoms with Crippen molar-refractivity contribution in [3.63, 3.8) is 0 Å². The molecule has 0 aliphatic rings. The fourth-order valence-corrected chi connectivity index (χ4v) is 2.23. The Bertz CT molecular complexity index is 495. The number of primary sulfonamides is 1. The van der Waals surface area contributed by atoms with Crippen molar-refractivity contribution in [2.75, 3.05) is 25.6 Å². The second-order valence-corrected chi connectivity index (χ2v) is 6.43. The van der Waals surface area contributed by atoms with E-state index in [1.54, 1.807) is 18.2 Å². The van der Waals surface area contributed by atoms with Crippen molar-refractivity contribution < 1.29 is 17.9 Å². The van der Waals surface area contributed by atoms with E-state index in [9.17, 15) is 8.42 Å². The maximum absolute atomic E-state index is 10.6. The number of hydrogen-bond donors (Lipinski definition) is 1. The van der Waals surface area contributed by atoms with Gasteiger partial charge in [0.05, 0.1) is 23.4 Å². The predicted molar refractivity (Wildman–Crippen MR) is 73.4 cm³/mol. The largest absolute Gasteiger partial charge is 0.490 e. The molecule has 18 heavy (non-hydrogen) atoms. The van der Waals surface area contributed by atoms with E-state index in [1.807, 2.05) is 0 Å². The molecule has 102 valence electrons. The van der Waals surface area contributed by atoms with Gasteiger partial charge in [0.1, 0.15) is 12.4 Å². The topological polar surface area (TPSA) is 78.6 Å². The highest BCUT2D eigenvalue weighted by Crippen LogP contribution is 2.27. The van der Waals surface area contributed by atoms with Gasteiger partial charge < -0.3 is 9.47 Å². The number of sulfonamides is 1. The van der Waals surface area contributed by atoms with E-state index < -0.39 is 10.0 Å². The molecule has 0 aliphatic heterocycles. The number of rotatable bonds is 7. The zero-order chi connectivity index (χ0) is 13.6. The molecule has 8 heteroatoms. The van der Waals surface area contributed by atoms with Crippen LogP contribution in [0, 0.1) is 0 Å². The van der Waals surface area contributed by atoms with Crippen LogP contribution >= 0.6 is 27.5 Å². The van der Waals surface area contributed by atoms with E-state index in [0.717, 1.165) is 4.47 Å². The van der Waals surface area contributed by atoms with E-state index in [4.69, 9.17) is 26.2 Å². The van der Waals surface area contributed by atoms with Gasteiger partial charge in [-0.15, -0.1) is 0 Å². The van der Waals surface area contributed by atoms with Crippen molar-refractivity contribution in [2.24, 2.45) is 5.14 Å². The molecule has 0 aromatic heterocycles. The van der Waals surface area contributed by atoms with Crippen LogP contribution in [0.25, 0.3) is 0 Å². The average molecular weight is 359 g/mol. The number of benzene rings is 1. The first-order valence-corrected chi connectivity index (χ1v) is 7.93. The van der Waals surface area contributed by atoms with E-state index in [1.165, 1.54) is 0 Å². The molecule has 0 heterocycles. The second kappa shape index (κ2) is 7.30. The fourth-order valence-electron chi connectivity index (χ4n) is 1.08. The Morgan fingerprint density at radius 3 is 2.61 bits per heavy atom. The summed E-state index contributed by atoms with van der Waals surface area (Å²) in [6.45, 7) is 0.652. The van der Waals surface area contributed by atoms with E-state index in [2.05, 4.69) is 15.9 Å². The number of nitrogens with two attached hydrogens (primary N) is 1. The van der Waals surface area contributed by atoms with E-state index in [-0.39, 0.29) is 19.0 Å². The molecular weight excluding hydrogens is 346 g/mol. The minimum absolute atomic E-state index is 0.0595. The van der Waals surface area contributed by atoms with E-state index in [0.29, 0.717) is 17.4 Å². The van der Waals surface area contributed by atoms with Crippen LogP contribution in [0.4, 0.5) is 0 Å². The van der Waals surface area contributed by atoms with Gasteiger partial charge in [-0.2, -0.15) is 0 Å². The first-order chi connectivity index (χ1) is 8.38. The average Bonchev–Trinajstić information content (AvgIpc) is 2.24. The zero-order valence-corrected chi connectivity index (χ0v) is 12.6. The Labute approximate surface area is 119 Å². The first kappa shape index (κ1) is 15.7. The van der Waals surface area contributed by atoms with Crippen molar-refractivity contribution in [2.45, 2.75) is 0 Å². The molecule has 1 aromatic rings. The highest BCUT2D eigenvalue weighted by molar-refractivity contribution is 9.10. The van der Waals surface area contributed by atoms with Crippen LogP contribution in [0.2, 0.25) is 5.02 Å². The van der Waals surface area contributed by atoms with Crippen molar-refractivity contribution in [1.29, 1.82) is 0 Å². The van der Waals surface area contributed by atoms with Gasteiger partial charge in [-0.05, 0) is 34.1 Å². The third kappa shape index (κ3) is 6.55. The zero-order valence-electron chi connectivity index (χ0n) is 9.43. The lowest BCUT2D eigenvalue weighted by Crippen LogP contribution is -2.21. The summed E-state index contributed by atoms with van der Waals surface area (Å²) in [5, 5.41) is 5.43. The van der Waals surface area contributed by atoms with Gasteiger partial charge in [-0.3, -0.25) is 0 Å². The lowest BCUT2D eigenvalue weighted by Gasteiger charge is -2.08. The molecule has 0 fully saturated rings. The fraction of sp³-hybridized carbons (Fsp3) is 0.400. The first-order valence-electron chi connectivity index (χ1n) is 5.04. The summed E-state index contributed by atoms with van der Waals surface area (Å²) in [6.07, 6.45) is 0. The summed E-state index contributed by atoms with van der Waals surface area (Å²) >= 11 is 9.09. The highest BCUT2D eigenvalue weighted by atomic mass is 79.9. The number of ether oxygens (including phenoxy) is 2. The molecule has 1 aromatic carbocycles. The summed E-state index contributed by atoms with van der Waals surface area (Å²) < 4.78 is 32.5. The minimum atomic E-state index is -3.46. The maximum atomic E-state index is 10.6. The lowest BCUT2D eigenvalue weighted by atomic mass is 10.3. The number of halogens is 2. The van der Waals surface area contributed by atoms with Crippen LogP contribution in [-0.2, 0) is 14.8 Å². The van der Waals surface area contributed by atoms with Gasteiger partial charge in [0, 0.05) is 5.02 Å². The molecule has 0 radical (unpaired) electrons. The Morgan fingerprint density at radius 1 is 1.28 bits per heavy atom. The lowest BCUT2D eigenvalue weighted by molar-refractivity contribution is 0.111. The smallest absolute Gasteiger partial charge is 0.211 e. The van der Waals surface area contributed by atoms with Crippen LogP contribution in [-0.4, -0.2) is 34.0 Å². The van der Waals surface area contributed by atoms with Crippen LogP contribution in [0.15, 0.2) is 22.7 Å². The molecule has 1 rings (SSSR count). The predicted octanol–water partition coefficient (Wildman–Crippen LogP) is 1.79. The third-order valence-electron chi connectivity index (χ3n) is 1.89. The quantitative estimate of drug-likeness (QED) is 0.754. The SMILES string of the molecule is NS(=O)(=O)CCOCCOc1ccc(Cl)cc1Br. The Hall–Kier alpha value is -0.340. The summed E-state index contributed by atoms with van der Waals surface area (Å²) in [7, 11) is -3.46. The van der Waals surface area contributed by atoms with Gasteiger partial charge in [0.25, 0.3) is 0 Å². The molecule has 0 bridgehead atoms. The molecule has 0 amide bonds. The summed E-state index contributed by atoms with van der Waals surface area (Å²) in [5.41, 5.74) is 0. The Morgan fingerprint density at radius 2 is 2.00 bits per heavy atom. The van der Waals surface area contributed by atoms with Crippen LogP contribution in [0.3, 0.4) is 0 Å². The van der Waals surface area contributed by atoms with Crippen LogP contribution in [0.1, 0.15) is 0 Å². The molecule has 0 unspecified atom stereocenters. The highest BCUT2D eigenvalue weighted by Gasteiger charge is 2.03. The summed E-state index contributed by atoms with van der Waals surface area (Å²) in [4.78, 5) is 0. The molecule has 0 saturated heterocycles. The minimum Gasteiger partial charge on any atom is -0.490 e.